The first-order valence-corrected chi connectivity index (χ1v) is 8.14. The van der Waals surface area contributed by atoms with Gasteiger partial charge < -0.3 is 9.80 Å². The molecule has 0 unspecified atom stereocenters. The molecule has 1 aromatic rings. The van der Waals surface area contributed by atoms with Crippen LogP contribution in [0.15, 0.2) is 24.3 Å². The van der Waals surface area contributed by atoms with Crippen molar-refractivity contribution < 1.29 is 9.18 Å². The summed E-state index contributed by atoms with van der Waals surface area (Å²) in [6, 6.07) is 6.56. The van der Waals surface area contributed by atoms with Crippen LogP contribution in [-0.2, 0) is 4.79 Å². The zero-order valence-electron chi connectivity index (χ0n) is 12.1. The summed E-state index contributed by atoms with van der Waals surface area (Å²) in [5.41, 5.74) is 1.21. The fourth-order valence-corrected chi connectivity index (χ4v) is 3.29. The van der Waals surface area contributed by atoms with Crippen LogP contribution < -0.4 is 4.90 Å². The second kappa shape index (κ2) is 5.87. The highest BCUT2D eigenvalue weighted by Crippen LogP contribution is 2.49. The van der Waals surface area contributed by atoms with Crippen molar-refractivity contribution in [3.63, 3.8) is 0 Å². The van der Waals surface area contributed by atoms with E-state index < -0.39 is 0 Å². The normalized spacial score (nSPS) is 20.5. The van der Waals surface area contributed by atoms with Crippen LogP contribution in [-0.4, -0.2) is 42.7 Å². The number of carbonyl (C=O) groups excluding carboxylic acids is 1. The van der Waals surface area contributed by atoms with E-state index in [2.05, 4.69) is 17.5 Å². The minimum absolute atomic E-state index is 0.189. The molecule has 0 bridgehead atoms. The molecule has 3 nitrogen and oxygen atoms in total. The van der Waals surface area contributed by atoms with Gasteiger partial charge in [0.1, 0.15) is 5.82 Å². The lowest BCUT2D eigenvalue weighted by Crippen LogP contribution is -2.49. The van der Waals surface area contributed by atoms with Gasteiger partial charge in [0.15, 0.2) is 0 Å². The van der Waals surface area contributed by atoms with Gasteiger partial charge in [-0.05, 0) is 48.3 Å². The van der Waals surface area contributed by atoms with Crippen LogP contribution >= 0.6 is 12.6 Å². The molecule has 0 spiro atoms. The number of carbonyl (C=O) groups is 1. The van der Waals surface area contributed by atoms with Gasteiger partial charge >= 0.3 is 0 Å². The average molecular weight is 308 g/mol. The third-order valence-corrected chi connectivity index (χ3v) is 5.31. The van der Waals surface area contributed by atoms with Gasteiger partial charge in [0.05, 0.1) is 0 Å². The maximum atomic E-state index is 12.9. The molecule has 0 aromatic heterocycles. The van der Waals surface area contributed by atoms with Gasteiger partial charge in [0, 0.05) is 38.3 Å². The number of hydrogen-bond acceptors (Lipinski definition) is 3. The van der Waals surface area contributed by atoms with E-state index >= 15 is 0 Å². The van der Waals surface area contributed by atoms with E-state index in [4.69, 9.17) is 0 Å². The molecule has 0 atom stereocenters. The van der Waals surface area contributed by atoms with Crippen molar-refractivity contribution in [2.45, 2.75) is 19.3 Å². The zero-order chi connectivity index (χ0) is 14.9. The Kier molecular flexibility index (Phi) is 4.11. The minimum atomic E-state index is -0.214. The number of hydrogen-bond donors (Lipinski definition) is 1. The fraction of sp³-hybridized carbons (Fsp3) is 0.562. The molecule has 3 rings (SSSR count). The molecule has 1 amide bonds. The van der Waals surface area contributed by atoms with Crippen molar-refractivity contribution in [2.24, 2.45) is 5.41 Å². The summed E-state index contributed by atoms with van der Waals surface area (Å²) in [6.45, 7) is 3.12. The molecule has 1 aromatic carbocycles. The Morgan fingerprint density at radius 1 is 1.14 bits per heavy atom. The van der Waals surface area contributed by atoms with Gasteiger partial charge in [0.25, 0.3) is 0 Å². The van der Waals surface area contributed by atoms with Crippen molar-refractivity contribution in [3.8, 4) is 0 Å². The highest BCUT2D eigenvalue weighted by Gasteiger charge is 2.43. The molecule has 1 aliphatic heterocycles. The Morgan fingerprint density at radius 3 is 2.29 bits per heavy atom. The van der Waals surface area contributed by atoms with Crippen molar-refractivity contribution in [2.75, 3.05) is 36.8 Å². The number of thiol groups is 1. The van der Waals surface area contributed by atoms with Crippen LogP contribution in [0.3, 0.4) is 0 Å². The highest BCUT2D eigenvalue weighted by atomic mass is 32.1. The smallest absolute Gasteiger partial charge is 0.223 e. The Morgan fingerprint density at radius 2 is 1.76 bits per heavy atom. The largest absolute Gasteiger partial charge is 0.368 e. The van der Waals surface area contributed by atoms with Crippen LogP contribution in [0.4, 0.5) is 10.1 Å². The molecular formula is C16H21FN2OS. The number of amides is 1. The van der Waals surface area contributed by atoms with Crippen molar-refractivity contribution in [1.29, 1.82) is 0 Å². The van der Waals surface area contributed by atoms with Gasteiger partial charge in [0.2, 0.25) is 5.91 Å². The van der Waals surface area contributed by atoms with Gasteiger partial charge in [-0.2, -0.15) is 12.6 Å². The first-order chi connectivity index (χ1) is 10.1. The molecule has 1 saturated heterocycles. The zero-order valence-corrected chi connectivity index (χ0v) is 13.0. The number of nitrogens with zero attached hydrogens (tertiary/aromatic N) is 2. The van der Waals surface area contributed by atoms with E-state index in [9.17, 15) is 9.18 Å². The molecular weight excluding hydrogens is 287 g/mol. The topological polar surface area (TPSA) is 23.6 Å². The summed E-state index contributed by atoms with van der Waals surface area (Å²) >= 11 is 4.36. The first kappa shape index (κ1) is 14.7. The number of anilines is 1. The predicted molar refractivity (Wildman–Crippen MR) is 85.3 cm³/mol. The predicted octanol–water partition coefficient (Wildman–Crippen LogP) is 2.57. The summed E-state index contributed by atoms with van der Waals surface area (Å²) in [4.78, 5) is 16.5. The number of benzene rings is 1. The molecule has 21 heavy (non-hydrogen) atoms. The van der Waals surface area contributed by atoms with Gasteiger partial charge in [-0.15, -0.1) is 0 Å². The summed E-state index contributed by atoms with van der Waals surface area (Å²) in [6.07, 6.45) is 2.92. The van der Waals surface area contributed by atoms with Gasteiger partial charge in [-0.1, -0.05) is 0 Å². The molecule has 1 heterocycles. The second-order valence-electron chi connectivity index (χ2n) is 6.18. The van der Waals surface area contributed by atoms with Gasteiger partial charge in [-0.3, -0.25) is 4.79 Å². The van der Waals surface area contributed by atoms with Gasteiger partial charge in [-0.25, -0.2) is 4.39 Å². The highest BCUT2D eigenvalue weighted by molar-refractivity contribution is 7.80. The molecule has 5 heteroatoms. The molecule has 0 N–H and O–H groups in total. The quantitative estimate of drug-likeness (QED) is 0.864. The fourth-order valence-electron chi connectivity index (χ4n) is 2.87. The lowest BCUT2D eigenvalue weighted by molar-refractivity contribution is -0.132. The Bertz CT molecular complexity index is 508. The SMILES string of the molecule is O=C(CC1(CS)CC1)N1CCN(c2ccc(F)cc2)CC1. The standard InChI is InChI=1S/C16H21FN2OS/c17-13-1-3-14(4-2-13)18-7-9-19(10-8-18)15(20)11-16(12-21)5-6-16/h1-4,21H,5-12H2. The third kappa shape index (κ3) is 3.34. The van der Waals surface area contributed by atoms with E-state index in [1.165, 1.54) is 12.1 Å². The summed E-state index contributed by atoms with van der Waals surface area (Å²) in [5.74, 6) is 0.864. The van der Waals surface area contributed by atoms with Crippen LogP contribution in [0.1, 0.15) is 19.3 Å². The Labute approximate surface area is 130 Å². The first-order valence-electron chi connectivity index (χ1n) is 7.51. The molecule has 0 radical (unpaired) electrons. The van der Waals surface area contributed by atoms with Crippen LogP contribution in [0.5, 0.6) is 0 Å². The van der Waals surface area contributed by atoms with Crippen molar-refractivity contribution in [1.82, 2.24) is 4.90 Å². The van der Waals surface area contributed by atoms with Crippen LogP contribution in [0, 0.1) is 11.2 Å². The van der Waals surface area contributed by atoms with E-state index in [-0.39, 0.29) is 17.1 Å². The third-order valence-electron chi connectivity index (χ3n) is 4.64. The van der Waals surface area contributed by atoms with Crippen molar-refractivity contribution >= 4 is 24.2 Å². The maximum Gasteiger partial charge on any atom is 0.223 e. The molecule has 114 valence electrons. The Hall–Kier alpha value is -1.23. The van der Waals surface area contributed by atoms with Crippen LogP contribution in [0.25, 0.3) is 0 Å². The molecule has 2 aliphatic rings. The number of halogens is 1. The Balaban J connectivity index is 1.53. The molecule has 2 fully saturated rings. The van der Waals surface area contributed by atoms with E-state index in [0.717, 1.165) is 50.5 Å². The lowest BCUT2D eigenvalue weighted by Gasteiger charge is -2.36. The minimum Gasteiger partial charge on any atom is -0.368 e. The van der Waals surface area contributed by atoms with Crippen molar-refractivity contribution in [3.05, 3.63) is 30.1 Å². The second-order valence-corrected chi connectivity index (χ2v) is 6.50. The molecule has 1 saturated carbocycles. The average Bonchev–Trinajstić information content (AvgIpc) is 3.28. The number of rotatable bonds is 4. The lowest BCUT2D eigenvalue weighted by atomic mass is 10.0. The summed E-state index contributed by atoms with van der Waals surface area (Å²) < 4.78 is 12.9. The van der Waals surface area contributed by atoms with E-state index in [1.807, 2.05) is 4.90 Å². The van der Waals surface area contributed by atoms with E-state index in [1.54, 1.807) is 12.1 Å². The number of piperazine rings is 1. The molecule has 1 aliphatic carbocycles. The summed E-state index contributed by atoms with van der Waals surface area (Å²) in [5, 5.41) is 0. The van der Waals surface area contributed by atoms with Crippen LogP contribution in [0.2, 0.25) is 0 Å². The summed E-state index contributed by atoms with van der Waals surface area (Å²) in [7, 11) is 0. The van der Waals surface area contributed by atoms with E-state index in [0.29, 0.717) is 6.42 Å². The monoisotopic (exact) mass is 308 g/mol. The maximum absolute atomic E-state index is 12.9.